The van der Waals surface area contributed by atoms with E-state index in [2.05, 4.69) is 27.0 Å². The van der Waals surface area contributed by atoms with E-state index in [1.165, 1.54) is 10.4 Å². The molecule has 0 aliphatic rings. The van der Waals surface area contributed by atoms with Crippen LogP contribution in [0.25, 0.3) is 0 Å². The van der Waals surface area contributed by atoms with Gasteiger partial charge in [-0.1, -0.05) is 46.5 Å². The van der Waals surface area contributed by atoms with E-state index in [0.717, 1.165) is 11.1 Å². The van der Waals surface area contributed by atoms with Gasteiger partial charge in [0.2, 0.25) is 0 Å². The molecule has 1 aromatic heterocycles. The van der Waals surface area contributed by atoms with Crippen molar-refractivity contribution in [3.63, 3.8) is 0 Å². The van der Waals surface area contributed by atoms with Gasteiger partial charge in [-0.05, 0) is 34.5 Å². The molecule has 9 heteroatoms. The predicted molar refractivity (Wildman–Crippen MR) is 98.8 cm³/mol. The van der Waals surface area contributed by atoms with Crippen molar-refractivity contribution in [2.24, 2.45) is 0 Å². The minimum Gasteiger partial charge on any atom is -0.493 e. The molecule has 0 fully saturated rings. The van der Waals surface area contributed by atoms with Crippen molar-refractivity contribution in [3.8, 4) is 11.5 Å². The largest absolute Gasteiger partial charge is 0.493 e. The second-order valence-electron chi connectivity index (χ2n) is 5.66. The van der Waals surface area contributed by atoms with Gasteiger partial charge in [-0.15, -0.1) is 4.79 Å². The molecule has 0 saturated heterocycles. The van der Waals surface area contributed by atoms with Crippen LogP contribution in [0.15, 0.2) is 36.4 Å². The highest BCUT2D eigenvalue weighted by molar-refractivity contribution is 6.31. The maximum absolute atomic E-state index is 6.38. The Kier molecular flexibility index (Phi) is 5.43. The number of ether oxygens (including phenoxy) is 2. The highest BCUT2D eigenvalue weighted by Gasteiger charge is 2.12. The Balaban J connectivity index is 1.73. The van der Waals surface area contributed by atoms with E-state index in [0.29, 0.717) is 29.7 Å². The fraction of sp³-hybridized carbons (Fsp3) is 0.235. The number of benzene rings is 2. The third kappa shape index (κ3) is 4.15. The number of aromatic nitrogens is 4. The number of nitrogen functional groups attached to an aromatic ring is 1. The van der Waals surface area contributed by atoms with Crippen LogP contribution in [0.3, 0.4) is 0 Å². The van der Waals surface area contributed by atoms with Crippen LogP contribution in [-0.2, 0) is 13.2 Å². The molecule has 3 rings (SSSR count). The van der Waals surface area contributed by atoms with E-state index in [1.807, 2.05) is 31.2 Å². The van der Waals surface area contributed by atoms with Gasteiger partial charge in [-0.3, -0.25) is 0 Å². The van der Waals surface area contributed by atoms with Crippen molar-refractivity contribution in [1.82, 2.24) is 20.3 Å². The molecule has 3 aromatic rings. The van der Waals surface area contributed by atoms with Gasteiger partial charge in [0.1, 0.15) is 6.61 Å². The molecule has 26 heavy (non-hydrogen) atoms. The molecule has 0 atom stereocenters. The van der Waals surface area contributed by atoms with Crippen LogP contribution in [0, 0.1) is 6.92 Å². The van der Waals surface area contributed by atoms with Crippen LogP contribution >= 0.6 is 11.6 Å². The summed E-state index contributed by atoms with van der Waals surface area (Å²) >= 11 is 6.38. The molecule has 0 radical (unpaired) electrons. The van der Waals surface area contributed by atoms with Crippen LogP contribution in [0.5, 0.6) is 11.5 Å². The number of anilines is 1. The zero-order chi connectivity index (χ0) is 18.5. The number of hydrogen-bond donors (Lipinski definition) is 2. The number of nitrogens with one attached hydrogen (secondary N) is 1. The average Bonchev–Trinajstić information content (AvgIpc) is 3.04. The first-order valence-electron chi connectivity index (χ1n) is 7.89. The predicted octanol–water partition coefficient (Wildman–Crippen LogP) is 2.55. The number of nitrogens with zero attached hydrogens (tertiary/aromatic N) is 4. The molecule has 0 spiro atoms. The number of tetrazole rings is 1. The molecule has 8 nitrogen and oxygen atoms in total. The van der Waals surface area contributed by atoms with E-state index in [1.54, 1.807) is 13.2 Å². The summed E-state index contributed by atoms with van der Waals surface area (Å²) in [6.45, 7) is 2.83. The van der Waals surface area contributed by atoms with Crippen LogP contribution in [0.1, 0.15) is 16.7 Å². The van der Waals surface area contributed by atoms with Crippen LogP contribution in [0.2, 0.25) is 5.02 Å². The van der Waals surface area contributed by atoms with Crippen molar-refractivity contribution in [2.75, 3.05) is 18.3 Å². The monoisotopic (exact) mass is 374 g/mol. The first-order chi connectivity index (χ1) is 12.6. The molecule has 0 amide bonds. The number of rotatable bonds is 7. The number of hydrogen-bond acceptors (Lipinski definition) is 7. The van der Waals surface area contributed by atoms with E-state index in [9.17, 15) is 0 Å². The Morgan fingerprint density at radius 1 is 1.23 bits per heavy atom. The lowest BCUT2D eigenvalue weighted by atomic mass is 10.1. The lowest BCUT2D eigenvalue weighted by Gasteiger charge is -2.15. The molecule has 136 valence electrons. The highest BCUT2D eigenvalue weighted by atomic mass is 35.5. The number of methoxy groups -OCH3 is 1. The van der Waals surface area contributed by atoms with E-state index < -0.39 is 0 Å². The molecule has 3 N–H and O–H groups in total. The minimum atomic E-state index is 0.159. The Hall–Kier alpha value is -3.00. The molecule has 0 aliphatic heterocycles. The summed E-state index contributed by atoms with van der Waals surface area (Å²) in [5, 5.41) is 11.3. The van der Waals surface area contributed by atoms with Crippen LogP contribution in [0.4, 0.5) is 5.95 Å². The smallest absolute Gasteiger partial charge is 0.260 e. The number of nitrogens with two attached hydrogens (primary N) is 1. The van der Waals surface area contributed by atoms with Gasteiger partial charge in [0.15, 0.2) is 11.5 Å². The molecular weight excluding hydrogens is 356 g/mol. The maximum Gasteiger partial charge on any atom is 0.260 e. The van der Waals surface area contributed by atoms with Crippen LogP contribution < -0.4 is 20.6 Å². The average molecular weight is 375 g/mol. The molecule has 0 unspecified atom stereocenters. The first kappa shape index (κ1) is 17.8. The lowest BCUT2D eigenvalue weighted by molar-refractivity contribution is 0.284. The molecule has 0 bridgehead atoms. The van der Waals surface area contributed by atoms with Gasteiger partial charge < -0.3 is 20.6 Å². The summed E-state index contributed by atoms with van der Waals surface area (Å²) in [6.07, 6.45) is 0. The summed E-state index contributed by atoms with van der Waals surface area (Å²) in [5.74, 6) is 1.32. The van der Waals surface area contributed by atoms with Crippen molar-refractivity contribution in [1.29, 1.82) is 0 Å². The second-order valence-corrected chi connectivity index (χ2v) is 6.06. The Labute approximate surface area is 155 Å². The van der Waals surface area contributed by atoms with Gasteiger partial charge in [0, 0.05) is 11.1 Å². The van der Waals surface area contributed by atoms with E-state index >= 15 is 0 Å². The SMILES string of the molecule is COc1cc(CNn2nnnc2N)c(Cl)cc1OCc1cccc(C)c1. The van der Waals surface area contributed by atoms with Gasteiger partial charge >= 0.3 is 0 Å². The zero-order valence-corrected chi connectivity index (χ0v) is 15.2. The third-order valence-corrected chi connectivity index (χ3v) is 4.07. The standard InChI is InChI=1S/C17H19ClN6O2/c1-11-4-3-5-12(6-11)10-26-16-8-14(18)13(7-15(16)25-2)9-20-24-17(19)21-22-23-24/h3-8,20H,9-10H2,1-2H3,(H2,19,21,23). The molecule has 2 aromatic carbocycles. The van der Waals surface area contributed by atoms with Gasteiger partial charge in [0.25, 0.3) is 5.95 Å². The Morgan fingerprint density at radius 2 is 2.08 bits per heavy atom. The summed E-state index contributed by atoms with van der Waals surface area (Å²) in [5.41, 5.74) is 11.6. The highest BCUT2D eigenvalue weighted by Crippen LogP contribution is 2.34. The fourth-order valence-corrected chi connectivity index (χ4v) is 2.64. The molecular formula is C17H19ClN6O2. The third-order valence-electron chi connectivity index (χ3n) is 3.72. The van der Waals surface area contributed by atoms with E-state index in [-0.39, 0.29) is 5.95 Å². The molecule has 1 heterocycles. The lowest BCUT2D eigenvalue weighted by Crippen LogP contribution is -2.18. The van der Waals surface area contributed by atoms with Gasteiger partial charge in [-0.25, -0.2) is 0 Å². The normalized spacial score (nSPS) is 10.6. The Morgan fingerprint density at radius 3 is 2.77 bits per heavy atom. The molecule has 0 aliphatic carbocycles. The number of halogens is 1. The van der Waals surface area contributed by atoms with Gasteiger partial charge in [-0.2, -0.15) is 0 Å². The van der Waals surface area contributed by atoms with E-state index in [4.69, 9.17) is 26.8 Å². The summed E-state index contributed by atoms with van der Waals surface area (Å²) in [7, 11) is 1.58. The van der Waals surface area contributed by atoms with Crippen molar-refractivity contribution in [2.45, 2.75) is 20.1 Å². The summed E-state index contributed by atoms with van der Waals surface area (Å²) < 4.78 is 11.3. The Bertz CT molecular complexity index is 899. The zero-order valence-electron chi connectivity index (χ0n) is 14.4. The number of aryl methyl sites for hydroxylation is 1. The fourth-order valence-electron chi connectivity index (χ4n) is 2.41. The first-order valence-corrected chi connectivity index (χ1v) is 8.27. The maximum atomic E-state index is 6.38. The van der Waals surface area contributed by atoms with Crippen molar-refractivity contribution in [3.05, 3.63) is 58.1 Å². The minimum absolute atomic E-state index is 0.159. The van der Waals surface area contributed by atoms with Crippen molar-refractivity contribution >= 4 is 17.5 Å². The summed E-state index contributed by atoms with van der Waals surface area (Å²) in [6, 6.07) is 11.7. The topological polar surface area (TPSA) is 100 Å². The van der Waals surface area contributed by atoms with Gasteiger partial charge in [0.05, 0.1) is 13.7 Å². The molecule has 0 saturated carbocycles. The quantitative estimate of drug-likeness (QED) is 0.655. The second kappa shape index (κ2) is 7.92. The van der Waals surface area contributed by atoms with Crippen molar-refractivity contribution < 1.29 is 9.47 Å². The van der Waals surface area contributed by atoms with Crippen LogP contribution in [-0.4, -0.2) is 27.4 Å². The summed E-state index contributed by atoms with van der Waals surface area (Å²) in [4.78, 5) is 1.27.